The molecule has 0 aliphatic rings. The second kappa shape index (κ2) is 12.5. The first-order chi connectivity index (χ1) is 21.9. The first-order valence-corrected chi connectivity index (χ1v) is 14.7. The van der Waals surface area contributed by atoms with Crippen LogP contribution in [0.1, 0.15) is 12.5 Å². The SMILES string of the molecule is CCOC(=O)Oc1c(-c2ccc(OC)cc2OC)c2cc(N(C(N)=O)c3ccccc3)ccc2n1Cc1ccc2nsnc2c1. The van der Waals surface area contributed by atoms with E-state index in [0.29, 0.717) is 45.9 Å². The molecule has 0 spiro atoms. The molecule has 0 unspecified atom stereocenters. The highest BCUT2D eigenvalue weighted by molar-refractivity contribution is 7.00. The summed E-state index contributed by atoms with van der Waals surface area (Å²) in [5.41, 5.74) is 11.4. The summed E-state index contributed by atoms with van der Waals surface area (Å²) in [5.74, 6) is 1.30. The van der Waals surface area contributed by atoms with E-state index in [-0.39, 0.29) is 12.5 Å². The molecule has 0 saturated heterocycles. The number of ether oxygens (including phenoxy) is 4. The number of primary amides is 1. The molecule has 228 valence electrons. The highest BCUT2D eigenvalue weighted by Gasteiger charge is 2.27. The third-order valence-electron chi connectivity index (χ3n) is 7.27. The molecule has 0 aliphatic heterocycles. The zero-order chi connectivity index (χ0) is 31.5. The smallest absolute Gasteiger partial charge is 0.497 e. The number of anilines is 2. The predicted octanol–water partition coefficient (Wildman–Crippen LogP) is 7.13. The van der Waals surface area contributed by atoms with Gasteiger partial charge in [0.1, 0.15) is 22.5 Å². The molecule has 12 heteroatoms. The summed E-state index contributed by atoms with van der Waals surface area (Å²) in [4.78, 5) is 27.1. The van der Waals surface area contributed by atoms with Crippen LogP contribution in [0.25, 0.3) is 33.1 Å². The molecule has 2 amide bonds. The number of carbonyl (C=O) groups is 2. The number of nitrogens with zero attached hydrogens (tertiary/aromatic N) is 4. The number of amides is 2. The fourth-order valence-corrected chi connectivity index (χ4v) is 5.82. The molecule has 0 radical (unpaired) electrons. The molecule has 0 bridgehead atoms. The van der Waals surface area contributed by atoms with E-state index in [4.69, 9.17) is 24.7 Å². The van der Waals surface area contributed by atoms with Crippen LogP contribution in [0.4, 0.5) is 21.0 Å². The van der Waals surface area contributed by atoms with E-state index in [1.807, 2.05) is 59.2 Å². The molecule has 6 aromatic rings. The molecule has 0 atom stereocenters. The number of carbonyl (C=O) groups excluding carboxylic acids is 2. The lowest BCUT2D eigenvalue weighted by atomic mass is 10.0. The van der Waals surface area contributed by atoms with Gasteiger partial charge in [-0.25, -0.2) is 9.59 Å². The second-order valence-electron chi connectivity index (χ2n) is 9.92. The van der Waals surface area contributed by atoms with Crippen molar-refractivity contribution in [3.8, 4) is 28.5 Å². The summed E-state index contributed by atoms with van der Waals surface area (Å²) in [6.45, 7) is 2.15. The fraction of sp³-hybridized carbons (Fsp3) is 0.152. The van der Waals surface area contributed by atoms with Crippen molar-refractivity contribution in [2.24, 2.45) is 5.73 Å². The van der Waals surface area contributed by atoms with Gasteiger partial charge in [-0.3, -0.25) is 4.90 Å². The average molecular weight is 624 g/mol. The van der Waals surface area contributed by atoms with Gasteiger partial charge in [-0.1, -0.05) is 24.3 Å². The maximum Gasteiger partial charge on any atom is 0.515 e. The van der Waals surface area contributed by atoms with Gasteiger partial charge in [-0.2, -0.15) is 8.75 Å². The van der Waals surface area contributed by atoms with Crippen molar-refractivity contribution < 1.29 is 28.5 Å². The van der Waals surface area contributed by atoms with E-state index >= 15 is 0 Å². The zero-order valence-electron chi connectivity index (χ0n) is 24.7. The third kappa shape index (κ3) is 5.70. The number of benzene rings is 4. The van der Waals surface area contributed by atoms with Gasteiger partial charge in [0, 0.05) is 17.0 Å². The Morgan fingerprint density at radius 2 is 1.69 bits per heavy atom. The van der Waals surface area contributed by atoms with Crippen molar-refractivity contribution in [1.29, 1.82) is 0 Å². The van der Waals surface area contributed by atoms with Crippen LogP contribution in [0.2, 0.25) is 0 Å². The number of rotatable bonds is 9. The van der Waals surface area contributed by atoms with Gasteiger partial charge in [-0.15, -0.1) is 0 Å². The largest absolute Gasteiger partial charge is 0.515 e. The number of aromatic nitrogens is 3. The van der Waals surface area contributed by atoms with E-state index in [0.717, 1.165) is 33.8 Å². The van der Waals surface area contributed by atoms with E-state index in [9.17, 15) is 9.59 Å². The van der Waals surface area contributed by atoms with Crippen LogP contribution in [-0.4, -0.2) is 46.3 Å². The molecule has 0 aliphatic carbocycles. The predicted molar refractivity (Wildman–Crippen MR) is 173 cm³/mol. The van der Waals surface area contributed by atoms with Crippen molar-refractivity contribution in [3.05, 3.63) is 90.5 Å². The number of hydrogen-bond acceptors (Lipinski definition) is 9. The Balaban J connectivity index is 1.64. The summed E-state index contributed by atoms with van der Waals surface area (Å²) >= 11 is 1.14. The molecule has 0 fully saturated rings. The number of fused-ring (bicyclic) bond motifs is 2. The minimum Gasteiger partial charge on any atom is -0.497 e. The van der Waals surface area contributed by atoms with Gasteiger partial charge >= 0.3 is 12.2 Å². The Hall–Kier alpha value is -5.62. The molecule has 2 aromatic heterocycles. The lowest BCUT2D eigenvalue weighted by Gasteiger charge is -2.21. The topological polar surface area (TPSA) is 131 Å². The van der Waals surface area contributed by atoms with Gasteiger partial charge in [0.2, 0.25) is 5.88 Å². The highest BCUT2D eigenvalue weighted by Crippen LogP contribution is 2.47. The van der Waals surface area contributed by atoms with Crippen molar-refractivity contribution in [1.82, 2.24) is 13.3 Å². The number of urea groups is 1. The summed E-state index contributed by atoms with van der Waals surface area (Å²) in [5, 5.41) is 0.675. The van der Waals surface area contributed by atoms with E-state index in [1.165, 1.54) is 4.90 Å². The summed E-state index contributed by atoms with van der Waals surface area (Å²) < 4.78 is 33.0. The lowest BCUT2D eigenvalue weighted by molar-refractivity contribution is 0.101. The molecule has 45 heavy (non-hydrogen) atoms. The quantitative estimate of drug-likeness (QED) is 0.168. The normalized spacial score (nSPS) is 11.0. The molecular formula is C33H29N5O6S. The van der Waals surface area contributed by atoms with Crippen molar-refractivity contribution in [2.45, 2.75) is 13.5 Å². The van der Waals surface area contributed by atoms with Gasteiger partial charge in [-0.05, 0) is 67.1 Å². The summed E-state index contributed by atoms with van der Waals surface area (Å²) in [6.07, 6.45) is -0.863. The molecule has 11 nitrogen and oxygen atoms in total. The number of para-hydroxylation sites is 1. The van der Waals surface area contributed by atoms with Gasteiger partial charge in [0.15, 0.2) is 0 Å². The fourth-order valence-electron chi connectivity index (χ4n) is 5.30. The first kappa shape index (κ1) is 29.5. The van der Waals surface area contributed by atoms with Crippen LogP contribution >= 0.6 is 11.7 Å². The minimum absolute atomic E-state index is 0.128. The van der Waals surface area contributed by atoms with E-state index in [2.05, 4.69) is 8.75 Å². The van der Waals surface area contributed by atoms with Crippen molar-refractivity contribution in [2.75, 3.05) is 25.7 Å². The van der Waals surface area contributed by atoms with Gasteiger partial charge < -0.3 is 29.2 Å². The van der Waals surface area contributed by atoms with Gasteiger partial charge in [0.25, 0.3) is 0 Å². The maximum atomic E-state index is 12.9. The lowest BCUT2D eigenvalue weighted by Crippen LogP contribution is -2.31. The molecule has 2 heterocycles. The Morgan fingerprint density at radius 1 is 0.889 bits per heavy atom. The monoisotopic (exact) mass is 623 g/mol. The van der Waals surface area contributed by atoms with Crippen LogP contribution in [0.3, 0.4) is 0 Å². The number of methoxy groups -OCH3 is 2. The van der Waals surface area contributed by atoms with E-state index < -0.39 is 12.2 Å². The molecule has 2 N–H and O–H groups in total. The zero-order valence-corrected chi connectivity index (χ0v) is 25.5. The molecule has 6 rings (SSSR count). The average Bonchev–Trinajstić information content (AvgIpc) is 3.63. The standard InChI is InChI=1S/C33H29N5O6S/c1-4-43-33(40)44-31-30(24-13-12-23(41-2)18-29(24)42-3)25-17-22(38(32(34)39)21-8-6-5-7-9-21)11-15-28(25)37(31)19-20-10-14-26-27(16-20)36-45-35-26/h5-18H,4,19H2,1-3H3,(H2,34,39). The third-order valence-corrected chi connectivity index (χ3v) is 7.83. The van der Waals surface area contributed by atoms with Crippen molar-refractivity contribution in [3.63, 3.8) is 0 Å². The maximum absolute atomic E-state index is 12.9. The molecule has 4 aromatic carbocycles. The van der Waals surface area contributed by atoms with Crippen molar-refractivity contribution >= 4 is 57.2 Å². The minimum atomic E-state index is -0.863. The molecule has 0 saturated carbocycles. The van der Waals surface area contributed by atoms with Crippen LogP contribution < -0.4 is 24.8 Å². The Morgan fingerprint density at radius 3 is 2.42 bits per heavy atom. The Labute approximate surface area is 262 Å². The van der Waals surface area contributed by atoms with Gasteiger partial charge in [0.05, 0.1) is 61.6 Å². The Kier molecular flexibility index (Phi) is 8.21. The summed E-state index contributed by atoms with van der Waals surface area (Å²) in [7, 11) is 3.12. The van der Waals surface area contributed by atoms with Crippen LogP contribution in [0.5, 0.6) is 17.4 Å². The van der Waals surface area contributed by atoms with E-state index in [1.54, 1.807) is 51.5 Å². The van der Waals surface area contributed by atoms with Crippen LogP contribution in [0.15, 0.2) is 84.9 Å². The number of hydrogen-bond donors (Lipinski definition) is 1. The summed E-state index contributed by atoms with van der Waals surface area (Å²) in [6, 6.07) is 25.1. The Bertz CT molecular complexity index is 2020. The molecular weight excluding hydrogens is 594 g/mol. The highest BCUT2D eigenvalue weighted by atomic mass is 32.1. The van der Waals surface area contributed by atoms with Crippen LogP contribution in [0, 0.1) is 0 Å². The van der Waals surface area contributed by atoms with Crippen LogP contribution in [-0.2, 0) is 11.3 Å². The number of nitrogens with two attached hydrogens (primary N) is 1. The first-order valence-electron chi connectivity index (χ1n) is 14.0. The second-order valence-corrected chi connectivity index (χ2v) is 10.4.